The highest BCUT2D eigenvalue weighted by atomic mass is 35.5. The molecular formula is C12H17ClN2O. The fourth-order valence-corrected chi connectivity index (χ4v) is 2.32. The predicted octanol–water partition coefficient (Wildman–Crippen LogP) is 1.84. The smallest absolute Gasteiger partial charge is 0.134 e. The summed E-state index contributed by atoms with van der Waals surface area (Å²) in [6, 6.07) is 6.02. The van der Waals surface area contributed by atoms with E-state index in [0.29, 0.717) is 11.1 Å². The number of benzene rings is 1. The van der Waals surface area contributed by atoms with Crippen LogP contribution in [0.4, 0.5) is 0 Å². The third-order valence-corrected chi connectivity index (χ3v) is 3.40. The van der Waals surface area contributed by atoms with Crippen LogP contribution in [-0.4, -0.2) is 36.2 Å². The van der Waals surface area contributed by atoms with E-state index in [1.807, 2.05) is 19.2 Å². The van der Waals surface area contributed by atoms with Gasteiger partial charge in [-0.3, -0.25) is 4.90 Å². The Hall–Kier alpha value is -0.770. The Bertz CT molecular complexity index is 370. The maximum absolute atomic E-state index is 9.33. The SMILES string of the molecule is CNC1CCN(Cc2ccc(O)c(Cl)c2)C1. The van der Waals surface area contributed by atoms with E-state index < -0.39 is 0 Å². The van der Waals surface area contributed by atoms with Gasteiger partial charge >= 0.3 is 0 Å². The van der Waals surface area contributed by atoms with E-state index >= 15 is 0 Å². The number of hydrogen-bond donors (Lipinski definition) is 2. The lowest BCUT2D eigenvalue weighted by molar-refractivity contribution is 0.322. The molecule has 0 aromatic heterocycles. The van der Waals surface area contributed by atoms with E-state index in [9.17, 15) is 5.11 Å². The minimum atomic E-state index is 0.153. The van der Waals surface area contributed by atoms with Gasteiger partial charge in [-0.05, 0) is 31.2 Å². The molecule has 1 unspecified atom stereocenters. The summed E-state index contributed by atoms with van der Waals surface area (Å²) >= 11 is 5.87. The Labute approximate surface area is 101 Å². The van der Waals surface area contributed by atoms with Gasteiger partial charge in [0.2, 0.25) is 0 Å². The summed E-state index contributed by atoms with van der Waals surface area (Å²) in [5, 5.41) is 13.1. The monoisotopic (exact) mass is 240 g/mol. The highest BCUT2D eigenvalue weighted by molar-refractivity contribution is 6.32. The zero-order valence-corrected chi connectivity index (χ0v) is 10.2. The van der Waals surface area contributed by atoms with Gasteiger partial charge in [-0.1, -0.05) is 17.7 Å². The molecule has 1 fully saturated rings. The second kappa shape index (κ2) is 5.04. The summed E-state index contributed by atoms with van der Waals surface area (Å²) < 4.78 is 0. The number of aromatic hydroxyl groups is 1. The van der Waals surface area contributed by atoms with Crippen LogP contribution in [0.15, 0.2) is 18.2 Å². The minimum Gasteiger partial charge on any atom is -0.506 e. The zero-order chi connectivity index (χ0) is 11.5. The normalized spacial score (nSPS) is 21.5. The van der Waals surface area contributed by atoms with Crippen LogP contribution in [-0.2, 0) is 6.54 Å². The van der Waals surface area contributed by atoms with Crippen LogP contribution in [0.25, 0.3) is 0 Å². The van der Waals surface area contributed by atoms with Crippen LogP contribution >= 0.6 is 11.6 Å². The first-order chi connectivity index (χ1) is 7.69. The Morgan fingerprint density at radius 3 is 3.00 bits per heavy atom. The van der Waals surface area contributed by atoms with Crippen LogP contribution in [0.2, 0.25) is 5.02 Å². The molecule has 1 aliphatic rings. The molecule has 1 aromatic rings. The standard InChI is InChI=1S/C12H17ClN2O/c1-14-10-4-5-15(8-10)7-9-2-3-12(16)11(13)6-9/h2-3,6,10,14,16H,4-5,7-8H2,1H3. The highest BCUT2D eigenvalue weighted by Crippen LogP contribution is 2.24. The van der Waals surface area contributed by atoms with Gasteiger partial charge in [0.1, 0.15) is 5.75 Å². The molecule has 4 heteroatoms. The molecule has 0 aliphatic carbocycles. The van der Waals surface area contributed by atoms with Crippen molar-refractivity contribution in [2.45, 2.75) is 19.0 Å². The van der Waals surface area contributed by atoms with Gasteiger partial charge in [0.15, 0.2) is 0 Å². The molecule has 0 saturated carbocycles. The van der Waals surface area contributed by atoms with Crippen LogP contribution in [0.1, 0.15) is 12.0 Å². The fourth-order valence-electron chi connectivity index (χ4n) is 2.12. The second-order valence-corrected chi connectivity index (χ2v) is 4.70. The first-order valence-corrected chi connectivity index (χ1v) is 5.94. The fraction of sp³-hybridized carbons (Fsp3) is 0.500. The molecule has 1 aromatic carbocycles. The van der Waals surface area contributed by atoms with Crippen molar-refractivity contribution in [2.24, 2.45) is 0 Å². The Morgan fingerprint density at radius 1 is 1.56 bits per heavy atom. The first kappa shape index (κ1) is 11.7. The number of hydrogen-bond acceptors (Lipinski definition) is 3. The average Bonchev–Trinajstić information content (AvgIpc) is 2.71. The summed E-state index contributed by atoms with van der Waals surface area (Å²) in [4.78, 5) is 2.39. The summed E-state index contributed by atoms with van der Waals surface area (Å²) in [5.41, 5.74) is 1.15. The molecule has 1 atom stereocenters. The molecule has 0 radical (unpaired) electrons. The third-order valence-electron chi connectivity index (χ3n) is 3.10. The number of phenols is 1. The summed E-state index contributed by atoms with van der Waals surface area (Å²) in [7, 11) is 2.01. The lowest BCUT2D eigenvalue weighted by Crippen LogP contribution is -2.29. The van der Waals surface area contributed by atoms with Crippen molar-refractivity contribution in [3.63, 3.8) is 0 Å². The van der Waals surface area contributed by atoms with E-state index in [1.54, 1.807) is 6.07 Å². The van der Waals surface area contributed by atoms with Crippen LogP contribution < -0.4 is 5.32 Å². The molecule has 1 aliphatic heterocycles. The van der Waals surface area contributed by atoms with E-state index in [4.69, 9.17) is 11.6 Å². The topological polar surface area (TPSA) is 35.5 Å². The van der Waals surface area contributed by atoms with Crippen molar-refractivity contribution in [1.82, 2.24) is 10.2 Å². The molecule has 0 bridgehead atoms. The maximum atomic E-state index is 9.33. The molecule has 2 N–H and O–H groups in total. The lowest BCUT2D eigenvalue weighted by Gasteiger charge is -2.16. The van der Waals surface area contributed by atoms with E-state index in [1.165, 1.54) is 6.42 Å². The van der Waals surface area contributed by atoms with Crippen LogP contribution in [0, 0.1) is 0 Å². The number of nitrogens with zero attached hydrogens (tertiary/aromatic N) is 1. The van der Waals surface area contributed by atoms with Crippen LogP contribution in [0.5, 0.6) is 5.75 Å². The quantitative estimate of drug-likeness (QED) is 0.847. The van der Waals surface area contributed by atoms with Crippen molar-refractivity contribution < 1.29 is 5.11 Å². The molecular weight excluding hydrogens is 224 g/mol. The number of rotatable bonds is 3. The first-order valence-electron chi connectivity index (χ1n) is 5.56. The van der Waals surface area contributed by atoms with Crippen molar-refractivity contribution in [3.05, 3.63) is 28.8 Å². The van der Waals surface area contributed by atoms with Crippen molar-refractivity contribution in [2.75, 3.05) is 20.1 Å². The Balaban J connectivity index is 1.97. The van der Waals surface area contributed by atoms with E-state index in [2.05, 4.69) is 10.2 Å². The number of likely N-dealkylation sites (N-methyl/N-ethyl adjacent to an activating group) is 1. The summed E-state index contributed by atoms with van der Waals surface area (Å²) in [5.74, 6) is 0.153. The molecule has 2 rings (SSSR count). The van der Waals surface area contributed by atoms with E-state index in [-0.39, 0.29) is 5.75 Å². The molecule has 1 saturated heterocycles. The van der Waals surface area contributed by atoms with Gasteiger partial charge < -0.3 is 10.4 Å². The highest BCUT2D eigenvalue weighted by Gasteiger charge is 2.20. The number of phenolic OH excluding ortho intramolecular Hbond substituents is 1. The molecule has 1 heterocycles. The summed E-state index contributed by atoms with van der Waals surface area (Å²) in [6.07, 6.45) is 1.20. The molecule has 3 nitrogen and oxygen atoms in total. The largest absolute Gasteiger partial charge is 0.506 e. The molecule has 0 amide bonds. The van der Waals surface area contributed by atoms with Gasteiger partial charge in [0, 0.05) is 25.7 Å². The predicted molar refractivity (Wildman–Crippen MR) is 65.9 cm³/mol. The second-order valence-electron chi connectivity index (χ2n) is 4.30. The van der Waals surface area contributed by atoms with Crippen molar-refractivity contribution in [1.29, 1.82) is 0 Å². The molecule has 0 spiro atoms. The molecule has 16 heavy (non-hydrogen) atoms. The maximum Gasteiger partial charge on any atom is 0.134 e. The number of halogens is 1. The third kappa shape index (κ3) is 2.67. The zero-order valence-electron chi connectivity index (χ0n) is 9.41. The van der Waals surface area contributed by atoms with Gasteiger partial charge in [-0.15, -0.1) is 0 Å². The van der Waals surface area contributed by atoms with Gasteiger partial charge in [0.25, 0.3) is 0 Å². The van der Waals surface area contributed by atoms with Crippen molar-refractivity contribution >= 4 is 11.6 Å². The van der Waals surface area contributed by atoms with Crippen molar-refractivity contribution in [3.8, 4) is 5.75 Å². The van der Waals surface area contributed by atoms with Gasteiger partial charge in [0.05, 0.1) is 5.02 Å². The van der Waals surface area contributed by atoms with Crippen LogP contribution in [0.3, 0.4) is 0 Å². The van der Waals surface area contributed by atoms with Gasteiger partial charge in [-0.25, -0.2) is 0 Å². The van der Waals surface area contributed by atoms with Gasteiger partial charge in [-0.2, -0.15) is 0 Å². The molecule has 88 valence electrons. The Morgan fingerprint density at radius 2 is 2.38 bits per heavy atom. The van der Waals surface area contributed by atoms with E-state index in [0.717, 1.165) is 25.2 Å². The number of likely N-dealkylation sites (tertiary alicyclic amines) is 1. The average molecular weight is 241 g/mol. The number of nitrogens with one attached hydrogen (secondary N) is 1. The lowest BCUT2D eigenvalue weighted by atomic mass is 10.2. The Kier molecular flexibility index (Phi) is 3.69. The minimum absolute atomic E-state index is 0.153. The summed E-state index contributed by atoms with van der Waals surface area (Å²) in [6.45, 7) is 3.09.